The molecule has 2 heterocycles. The molecule has 0 saturated heterocycles. The molecule has 0 atom stereocenters. The number of aryl methyl sites for hydroxylation is 2. The summed E-state index contributed by atoms with van der Waals surface area (Å²) in [5.41, 5.74) is 6.97. The molecule has 6 nitrogen and oxygen atoms in total. The molecule has 182 valence electrons. The fraction of sp³-hybridized carbons (Fsp3) is 0.233. The first-order valence-electron chi connectivity index (χ1n) is 12.2. The van der Waals surface area contributed by atoms with Gasteiger partial charge in [0, 0.05) is 48.4 Å². The molecule has 1 N–H and O–H groups in total. The van der Waals surface area contributed by atoms with E-state index in [4.69, 9.17) is 9.72 Å². The third kappa shape index (κ3) is 4.99. The van der Waals surface area contributed by atoms with Crippen molar-refractivity contribution in [3.63, 3.8) is 0 Å². The van der Waals surface area contributed by atoms with Gasteiger partial charge in [0.1, 0.15) is 0 Å². The summed E-state index contributed by atoms with van der Waals surface area (Å²) in [5, 5.41) is 3.63. The molecule has 36 heavy (non-hydrogen) atoms. The number of nitrogens with one attached hydrogen (secondary N) is 1. The van der Waals surface area contributed by atoms with Crippen LogP contribution in [0.2, 0.25) is 0 Å². The maximum atomic E-state index is 13.4. The van der Waals surface area contributed by atoms with Crippen molar-refractivity contribution in [2.75, 3.05) is 18.5 Å². The van der Waals surface area contributed by atoms with Gasteiger partial charge in [-0.2, -0.15) is 0 Å². The molecule has 0 unspecified atom stereocenters. The highest BCUT2D eigenvalue weighted by molar-refractivity contribution is 6.06. The highest BCUT2D eigenvalue weighted by Gasteiger charge is 2.27. The minimum Gasteiger partial charge on any atom is -0.452 e. The molecule has 1 aliphatic heterocycles. The standard InChI is InChI=1S/C30H29N3O3/c1-20-9-8-10-21(2)29(20)32-27(34)19-36-30(35)28-23-13-6-7-14-25(23)31-26-15-16-33(18-24(26)28)17-22-11-4-3-5-12-22/h3-14H,15-19H2,1-2H3,(H,32,34). The lowest BCUT2D eigenvalue weighted by Crippen LogP contribution is -2.32. The number of pyridine rings is 1. The van der Waals surface area contributed by atoms with Crippen molar-refractivity contribution in [3.8, 4) is 0 Å². The van der Waals surface area contributed by atoms with Gasteiger partial charge in [0.15, 0.2) is 6.61 Å². The number of anilines is 1. The summed E-state index contributed by atoms with van der Waals surface area (Å²) >= 11 is 0. The molecule has 0 radical (unpaired) electrons. The quantitative estimate of drug-likeness (QED) is 0.385. The van der Waals surface area contributed by atoms with Gasteiger partial charge in [-0.15, -0.1) is 0 Å². The first kappa shape index (κ1) is 23.7. The van der Waals surface area contributed by atoms with Crippen molar-refractivity contribution in [2.45, 2.75) is 33.4 Å². The first-order valence-corrected chi connectivity index (χ1v) is 12.2. The molecule has 1 aromatic heterocycles. The predicted molar refractivity (Wildman–Crippen MR) is 141 cm³/mol. The highest BCUT2D eigenvalue weighted by atomic mass is 16.5. The summed E-state index contributed by atoms with van der Waals surface area (Å²) < 4.78 is 5.57. The molecule has 0 aliphatic carbocycles. The van der Waals surface area contributed by atoms with Gasteiger partial charge in [-0.05, 0) is 36.6 Å². The van der Waals surface area contributed by atoms with Crippen LogP contribution in [0.15, 0.2) is 72.8 Å². The average molecular weight is 480 g/mol. The van der Waals surface area contributed by atoms with Crippen LogP contribution in [0.4, 0.5) is 5.69 Å². The van der Waals surface area contributed by atoms with E-state index in [0.717, 1.165) is 58.5 Å². The lowest BCUT2D eigenvalue weighted by molar-refractivity contribution is -0.119. The zero-order valence-electron chi connectivity index (χ0n) is 20.6. The Morgan fingerprint density at radius 1 is 0.944 bits per heavy atom. The molecule has 1 aliphatic rings. The molecule has 5 rings (SSSR count). The normalized spacial score (nSPS) is 13.3. The predicted octanol–water partition coefficient (Wildman–Crippen LogP) is 5.21. The van der Waals surface area contributed by atoms with Gasteiger partial charge in [0.25, 0.3) is 5.91 Å². The highest BCUT2D eigenvalue weighted by Crippen LogP contribution is 2.29. The molecular weight excluding hydrogens is 450 g/mol. The van der Waals surface area contributed by atoms with E-state index in [1.54, 1.807) is 0 Å². The molecule has 4 aromatic rings. The fourth-order valence-electron chi connectivity index (χ4n) is 4.85. The number of rotatable bonds is 6. The molecular formula is C30H29N3O3. The number of carbonyl (C=O) groups excluding carboxylic acids is 2. The van der Waals surface area contributed by atoms with Crippen molar-refractivity contribution in [2.24, 2.45) is 0 Å². The van der Waals surface area contributed by atoms with E-state index in [2.05, 4.69) is 22.3 Å². The van der Waals surface area contributed by atoms with E-state index in [-0.39, 0.29) is 12.5 Å². The molecule has 0 fully saturated rings. The lowest BCUT2D eigenvalue weighted by Gasteiger charge is -2.30. The lowest BCUT2D eigenvalue weighted by atomic mass is 9.95. The van der Waals surface area contributed by atoms with Crippen LogP contribution in [0.25, 0.3) is 10.9 Å². The maximum absolute atomic E-state index is 13.4. The van der Waals surface area contributed by atoms with Crippen LogP contribution in [-0.2, 0) is 29.0 Å². The van der Waals surface area contributed by atoms with Gasteiger partial charge in [0.05, 0.1) is 11.1 Å². The molecule has 6 heteroatoms. The summed E-state index contributed by atoms with van der Waals surface area (Å²) in [5.74, 6) is -0.859. The zero-order valence-corrected chi connectivity index (χ0v) is 20.6. The Balaban J connectivity index is 1.38. The van der Waals surface area contributed by atoms with Crippen LogP contribution in [0.5, 0.6) is 0 Å². The van der Waals surface area contributed by atoms with Crippen LogP contribution < -0.4 is 5.32 Å². The third-order valence-electron chi connectivity index (χ3n) is 6.66. The number of esters is 1. The summed E-state index contributed by atoms with van der Waals surface area (Å²) in [6, 6.07) is 23.7. The van der Waals surface area contributed by atoms with Gasteiger partial charge in [-0.1, -0.05) is 66.7 Å². The Labute approximate surface area is 210 Å². The number of para-hydroxylation sites is 2. The second-order valence-corrected chi connectivity index (χ2v) is 9.27. The average Bonchev–Trinajstić information content (AvgIpc) is 2.89. The fourth-order valence-corrected chi connectivity index (χ4v) is 4.85. The number of amides is 1. The van der Waals surface area contributed by atoms with Crippen LogP contribution in [-0.4, -0.2) is 34.9 Å². The number of benzene rings is 3. The molecule has 3 aromatic carbocycles. The maximum Gasteiger partial charge on any atom is 0.339 e. The van der Waals surface area contributed by atoms with Gasteiger partial charge in [-0.25, -0.2) is 4.79 Å². The van der Waals surface area contributed by atoms with Crippen molar-refractivity contribution < 1.29 is 14.3 Å². The number of hydrogen-bond acceptors (Lipinski definition) is 5. The summed E-state index contributed by atoms with van der Waals surface area (Å²) in [4.78, 5) is 33.3. The minimum absolute atomic E-state index is 0.355. The Morgan fingerprint density at radius 3 is 2.44 bits per heavy atom. The first-order chi connectivity index (χ1) is 17.5. The van der Waals surface area contributed by atoms with E-state index in [1.165, 1.54) is 5.56 Å². The topological polar surface area (TPSA) is 71.5 Å². The van der Waals surface area contributed by atoms with Gasteiger partial charge in [0.2, 0.25) is 0 Å². The largest absolute Gasteiger partial charge is 0.452 e. The van der Waals surface area contributed by atoms with Gasteiger partial charge >= 0.3 is 5.97 Å². The zero-order chi connectivity index (χ0) is 25.1. The molecule has 0 saturated carbocycles. The van der Waals surface area contributed by atoms with Crippen molar-refractivity contribution in [1.82, 2.24) is 9.88 Å². The van der Waals surface area contributed by atoms with Crippen LogP contribution >= 0.6 is 0 Å². The van der Waals surface area contributed by atoms with Crippen molar-refractivity contribution in [1.29, 1.82) is 0 Å². The summed E-state index contributed by atoms with van der Waals surface area (Å²) in [7, 11) is 0. The summed E-state index contributed by atoms with van der Waals surface area (Å²) in [6.07, 6.45) is 0.750. The number of carbonyl (C=O) groups is 2. The molecule has 0 bridgehead atoms. The number of ether oxygens (including phenoxy) is 1. The van der Waals surface area contributed by atoms with Crippen LogP contribution in [0.1, 0.15) is 38.3 Å². The third-order valence-corrected chi connectivity index (χ3v) is 6.66. The van der Waals surface area contributed by atoms with E-state index in [9.17, 15) is 9.59 Å². The summed E-state index contributed by atoms with van der Waals surface area (Å²) in [6.45, 7) is 5.77. The van der Waals surface area contributed by atoms with E-state index in [1.807, 2.05) is 74.5 Å². The van der Waals surface area contributed by atoms with E-state index in [0.29, 0.717) is 12.1 Å². The monoisotopic (exact) mass is 479 g/mol. The van der Waals surface area contributed by atoms with Crippen LogP contribution in [0, 0.1) is 13.8 Å². The smallest absolute Gasteiger partial charge is 0.339 e. The van der Waals surface area contributed by atoms with Gasteiger partial charge in [-0.3, -0.25) is 14.7 Å². The second-order valence-electron chi connectivity index (χ2n) is 9.27. The second kappa shape index (κ2) is 10.3. The Bertz CT molecular complexity index is 1410. The Morgan fingerprint density at radius 2 is 1.67 bits per heavy atom. The van der Waals surface area contributed by atoms with Gasteiger partial charge < -0.3 is 10.1 Å². The van der Waals surface area contributed by atoms with Crippen LogP contribution in [0.3, 0.4) is 0 Å². The van der Waals surface area contributed by atoms with Crippen molar-refractivity contribution >= 4 is 28.5 Å². The number of nitrogens with zero attached hydrogens (tertiary/aromatic N) is 2. The van der Waals surface area contributed by atoms with E-state index >= 15 is 0 Å². The number of aromatic nitrogens is 1. The Kier molecular flexibility index (Phi) is 6.78. The number of fused-ring (bicyclic) bond motifs is 2. The molecule has 0 spiro atoms. The number of hydrogen-bond donors (Lipinski definition) is 1. The Hall–Kier alpha value is -4.03. The SMILES string of the molecule is Cc1cccc(C)c1NC(=O)COC(=O)c1c2c(nc3ccccc13)CCN(Cc1ccccc1)C2. The minimum atomic E-state index is -0.497. The van der Waals surface area contributed by atoms with Crippen molar-refractivity contribution in [3.05, 3.63) is 106 Å². The van der Waals surface area contributed by atoms with E-state index < -0.39 is 5.97 Å². The molecule has 1 amide bonds.